The van der Waals surface area contributed by atoms with E-state index in [0.29, 0.717) is 16.6 Å². The zero-order valence-corrected chi connectivity index (χ0v) is 17.0. The van der Waals surface area contributed by atoms with E-state index in [9.17, 15) is 18.0 Å². The molecule has 1 aromatic heterocycles. The molecule has 150 valence electrons. The van der Waals surface area contributed by atoms with Gasteiger partial charge in [-0.15, -0.1) is 11.3 Å². The summed E-state index contributed by atoms with van der Waals surface area (Å²) in [4.78, 5) is 17.1. The highest BCUT2D eigenvalue weighted by atomic mass is 35.5. The molecule has 3 rings (SSSR count). The van der Waals surface area contributed by atoms with E-state index in [1.165, 1.54) is 17.4 Å². The van der Waals surface area contributed by atoms with E-state index in [1.54, 1.807) is 12.3 Å². The molecule has 9 heteroatoms. The lowest BCUT2D eigenvalue weighted by Gasteiger charge is -2.08. The zero-order chi connectivity index (χ0) is 21.0. The third-order valence-electron chi connectivity index (χ3n) is 3.79. The molecule has 3 nitrogen and oxygen atoms in total. The Labute approximate surface area is 178 Å². The number of benzene rings is 2. The maximum atomic E-state index is 12.8. The monoisotopic (exact) mass is 456 g/mol. The third kappa shape index (κ3) is 6.06. The van der Waals surface area contributed by atoms with Gasteiger partial charge in [-0.3, -0.25) is 10.1 Å². The summed E-state index contributed by atoms with van der Waals surface area (Å²) < 4.78 is 38.4. The molecule has 0 aliphatic heterocycles. The normalized spacial score (nSPS) is 11.8. The summed E-state index contributed by atoms with van der Waals surface area (Å²) >= 11 is 13.2. The van der Waals surface area contributed by atoms with Crippen molar-refractivity contribution in [3.63, 3.8) is 0 Å². The molecule has 0 fully saturated rings. The number of hydrogen-bond acceptors (Lipinski definition) is 3. The zero-order valence-electron chi connectivity index (χ0n) is 14.6. The second-order valence-corrected chi connectivity index (χ2v) is 7.95. The summed E-state index contributed by atoms with van der Waals surface area (Å²) in [6.07, 6.45) is 0.112. The second-order valence-electron chi connectivity index (χ2n) is 6.00. The molecule has 0 saturated heterocycles. The molecule has 0 unspecified atom stereocenters. The molecule has 0 atom stereocenters. The summed E-state index contributed by atoms with van der Waals surface area (Å²) in [6.45, 7) is 0. The highest BCUT2D eigenvalue weighted by Crippen LogP contribution is 2.32. The summed E-state index contributed by atoms with van der Waals surface area (Å²) in [5.74, 6) is -0.526. The van der Waals surface area contributed by atoms with Crippen molar-refractivity contribution in [3.05, 3.63) is 86.4 Å². The number of halogens is 5. The number of alkyl halides is 3. The van der Waals surface area contributed by atoms with Crippen LogP contribution >= 0.6 is 34.5 Å². The fourth-order valence-electron chi connectivity index (χ4n) is 2.46. The molecule has 1 N–H and O–H groups in total. The Bertz CT molecular complexity index is 1060. The predicted molar refractivity (Wildman–Crippen MR) is 110 cm³/mol. The lowest BCUT2D eigenvalue weighted by atomic mass is 10.1. The van der Waals surface area contributed by atoms with Crippen LogP contribution in [0.15, 0.2) is 54.7 Å². The summed E-state index contributed by atoms with van der Waals surface area (Å²) in [6, 6.07) is 10.3. The van der Waals surface area contributed by atoms with Crippen LogP contribution in [0.5, 0.6) is 0 Å². The highest BCUT2D eigenvalue weighted by Gasteiger charge is 2.30. The average molecular weight is 457 g/mol. The van der Waals surface area contributed by atoms with Crippen molar-refractivity contribution in [2.75, 3.05) is 5.32 Å². The number of thiazole rings is 1. The fourth-order valence-corrected chi connectivity index (χ4v) is 3.70. The molecule has 0 aliphatic carbocycles. The van der Waals surface area contributed by atoms with Crippen molar-refractivity contribution in [1.29, 1.82) is 0 Å². The van der Waals surface area contributed by atoms with Crippen LogP contribution in [0.4, 0.5) is 18.3 Å². The number of amides is 1. The van der Waals surface area contributed by atoms with E-state index in [-0.39, 0.29) is 10.6 Å². The fraction of sp³-hybridized carbons (Fsp3) is 0.100. The third-order valence-corrected chi connectivity index (χ3v) is 5.28. The molecule has 0 radical (unpaired) electrons. The second kappa shape index (κ2) is 8.98. The van der Waals surface area contributed by atoms with Gasteiger partial charge in [-0.2, -0.15) is 13.2 Å². The molecule has 0 saturated carbocycles. The van der Waals surface area contributed by atoms with E-state index in [2.05, 4.69) is 10.3 Å². The lowest BCUT2D eigenvalue weighted by Crippen LogP contribution is -2.07. The molecule has 2 aromatic carbocycles. The Morgan fingerprint density at radius 1 is 1.17 bits per heavy atom. The Hall–Kier alpha value is -2.35. The van der Waals surface area contributed by atoms with Crippen LogP contribution in [0.3, 0.4) is 0 Å². The molecular formula is C20H13Cl2F3N2OS. The quantitative estimate of drug-likeness (QED) is 0.433. The van der Waals surface area contributed by atoms with Gasteiger partial charge in [0.1, 0.15) is 0 Å². The number of carbonyl (C=O) groups excluding carboxylic acids is 1. The summed E-state index contributed by atoms with van der Waals surface area (Å²) in [5, 5.41) is 3.71. The van der Waals surface area contributed by atoms with Crippen LogP contribution in [-0.4, -0.2) is 10.9 Å². The molecule has 0 bridgehead atoms. The van der Waals surface area contributed by atoms with E-state index >= 15 is 0 Å². The van der Waals surface area contributed by atoms with Gasteiger partial charge in [0.25, 0.3) is 0 Å². The van der Waals surface area contributed by atoms with Gasteiger partial charge < -0.3 is 0 Å². The van der Waals surface area contributed by atoms with Crippen LogP contribution < -0.4 is 5.32 Å². The molecule has 1 amide bonds. The predicted octanol–water partition coefficient (Wildman–Crippen LogP) is 6.71. The minimum Gasteiger partial charge on any atom is -0.298 e. The largest absolute Gasteiger partial charge is 0.416 e. The molecule has 3 aromatic rings. The van der Waals surface area contributed by atoms with Gasteiger partial charge in [-0.1, -0.05) is 35.3 Å². The van der Waals surface area contributed by atoms with E-state index in [4.69, 9.17) is 23.2 Å². The molecule has 29 heavy (non-hydrogen) atoms. The number of anilines is 1. The molecule has 1 heterocycles. The van der Waals surface area contributed by atoms with Gasteiger partial charge in [-0.05, 0) is 47.5 Å². The van der Waals surface area contributed by atoms with Crippen LogP contribution in [0.2, 0.25) is 10.0 Å². The number of rotatable bonds is 5. The number of nitrogens with zero attached hydrogens (tertiary/aromatic N) is 1. The molecule has 0 spiro atoms. The highest BCUT2D eigenvalue weighted by molar-refractivity contribution is 7.15. The Balaban J connectivity index is 1.65. The van der Waals surface area contributed by atoms with Crippen molar-refractivity contribution in [2.24, 2.45) is 0 Å². The number of aromatic nitrogens is 1. The SMILES string of the molecule is O=C(/C=C/c1cc(C(F)(F)F)ccc1Cl)Nc1ncc(Cc2cccc(Cl)c2)s1. The Morgan fingerprint density at radius 2 is 1.97 bits per heavy atom. The summed E-state index contributed by atoms with van der Waals surface area (Å²) in [5.41, 5.74) is 0.267. The first kappa shape index (κ1) is 21.4. The lowest BCUT2D eigenvalue weighted by molar-refractivity contribution is -0.137. The van der Waals surface area contributed by atoms with E-state index in [1.807, 2.05) is 18.2 Å². The number of hydrogen-bond donors (Lipinski definition) is 1. The minimum absolute atomic E-state index is 0.0948. The Kier molecular flexibility index (Phi) is 6.62. The van der Waals surface area contributed by atoms with Gasteiger partial charge in [0.2, 0.25) is 5.91 Å². The van der Waals surface area contributed by atoms with Crippen LogP contribution in [0.1, 0.15) is 21.6 Å². The van der Waals surface area contributed by atoms with E-state index < -0.39 is 17.6 Å². The first-order valence-corrected chi connectivity index (χ1v) is 9.83. The van der Waals surface area contributed by atoms with Gasteiger partial charge in [0, 0.05) is 33.6 Å². The van der Waals surface area contributed by atoms with Gasteiger partial charge in [-0.25, -0.2) is 4.98 Å². The first-order valence-electron chi connectivity index (χ1n) is 8.25. The van der Waals surface area contributed by atoms with Gasteiger partial charge >= 0.3 is 6.18 Å². The summed E-state index contributed by atoms with van der Waals surface area (Å²) in [7, 11) is 0. The van der Waals surface area contributed by atoms with Gasteiger partial charge in [0.05, 0.1) is 5.56 Å². The smallest absolute Gasteiger partial charge is 0.298 e. The molecular weight excluding hydrogens is 444 g/mol. The standard InChI is InChI=1S/C20H13Cl2F3N2OS/c21-15-3-1-2-12(8-15)9-16-11-26-19(29-16)27-18(28)7-4-13-10-14(20(23,24)25)5-6-17(13)22/h1-8,10-11H,9H2,(H,26,27,28)/b7-4+. The average Bonchev–Trinajstić information content (AvgIpc) is 3.06. The number of nitrogens with one attached hydrogen (secondary N) is 1. The maximum Gasteiger partial charge on any atom is 0.416 e. The van der Waals surface area contributed by atoms with Crippen molar-refractivity contribution in [3.8, 4) is 0 Å². The van der Waals surface area contributed by atoms with E-state index in [0.717, 1.165) is 34.7 Å². The van der Waals surface area contributed by atoms with Crippen LogP contribution in [-0.2, 0) is 17.4 Å². The minimum atomic E-state index is -4.49. The van der Waals surface area contributed by atoms with Crippen LogP contribution in [0, 0.1) is 0 Å². The van der Waals surface area contributed by atoms with Gasteiger partial charge in [0.15, 0.2) is 5.13 Å². The first-order chi connectivity index (χ1) is 13.7. The number of carbonyl (C=O) groups is 1. The van der Waals surface area contributed by atoms with Crippen molar-refractivity contribution < 1.29 is 18.0 Å². The van der Waals surface area contributed by atoms with Crippen molar-refractivity contribution in [2.45, 2.75) is 12.6 Å². The van der Waals surface area contributed by atoms with Crippen molar-refractivity contribution >= 4 is 51.7 Å². The van der Waals surface area contributed by atoms with Crippen LogP contribution in [0.25, 0.3) is 6.08 Å². The molecule has 0 aliphatic rings. The maximum absolute atomic E-state index is 12.8. The topological polar surface area (TPSA) is 42.0 Å². The van der Waals surface area contributed by atoms with Crippen molar-refractivity contribution in [1.82, 2.24) is 4.98 Å². The Morgan fingerprint density at radius 3 is 2.69 bits per heavy atom.